The maximum absolute atomic E-state index is 11.7. The van der Waals surface area contributed by atoms with E-state index in [-0.39, 0.29) is 12.0 Å². The van der Waals surface area contributed by atoms with Crippen LogP contribution in [0.1, 0.15) is 24.0 Å². The Balaban J connectivity index is 1.68. The van der Waals surface area contributed by atoms with Gasteiger partial charge in [-0.05, 0) is 48.8 Å². The summed E-state index contributed by atoms with van der Waals surface area (Å²) in [7, 11) is 0. The van der Waals surface area contributed by atoms with Crippen molar-refractivity contribution in [3.8, 4) is 6.07 Å². The highest BCUT2D eigenvalue weighted by Gasteiger charge is 2.15. The molecular formula is C16H18N4O2S. The van der Waals surface area contributed by atoms with Crippen molar-refractivity contribution < 1.29 is 9.53 Å². The zero-order valence-corrected chi connectivity index (χ0v) is 13.4. The standard InChI is InChI=1S/C16H18N4O2S/c17-10-13-5-3-12(4-6-13)7-8-15(21)19-20-16(23)18-11-14-2-1-9-22-14/h3-8,14H,1-2,9,11H2,(H,19,21)(H2,18,20,23)/b8-7+. The van der Waals surface area contributed by atoms with Crippen molar-refractivity contribution in [1.29, 1.82) is 5.26 Å². The molecule has 0 bridgehead atoms. The van der Waals surface area contributed by atoms with Gasteiger partial charge in [0, 0.05) is 19.2 Å². The minimum atomic E-state index is -0.323. The van der Waals surface area contributed by atoms with Crippen LogP contribution in [0.15, 0.2) is 30.3 Å². The van der Waals surface area contributed by atoms with E-state index in [4.69, 9.17) is 22.2 Å². The highest BCUT2D eigenvalue weighted by molar-refractivity contribution is 7.80. The number of nitrogens with zero attached hydrogens (tertiary/aromatic N) is 1. The molecule has 1 unspecified atom stereocenters. The van der Waals surface area contributed by atoms with E-state index in [1.165, 1.54) is 6.08 Å². The number of nitriles is 1. The summed E-state index contributed by atoms with van der Waals surface area (Å²) >= 11 is 5.07. The Hall–Kier alpha value is -2.43. The summed E-state index contributed by atoms with van der Waals surface area (Å²) in [6.07, 6.45) is 5.32. The van der Waals surface area contributed by atoms with Crippen molar-refractivity contribution in [1.82, 2.24) is 16.2 Å². The van der Waals surface area contributed by atoms with Crippen LogP contribution < -0.4 is 16.2 Å². The van der Waals surface area contributed by atoms with Gasteiger partial charge < -0.3 is 10.1 Å². The topological polar surface area (TPSA) is 86.2 Å². The Labute approximate surface area is 140 Å². The molecule has 1 saturated heterocycles. The van der Waals surface area contributed by atoms with Crippen molar-refractivity contribution in [3.63, 3.8) is 0 Å². The van der Waals surface area contributed by atoms with Crippen molar-refractivity contribution in [2.45, 2.75) is 18.9 Å². The number of amides is 1. The molecule has 0 aromatic heterocycles. The van der Waals surface area contributed by atoms with E-state index in [1.807, 2.05) is 6.07 Å². The average molecular weight is 330 g/mol. The van der Waals surface area contributed by atoms with Gasteiger partial charge in [-0.1, -0.05) is 12.1 Å². The summed E-state index contributed by atoms with van der Waals surface area (Å²) in [5, 5.41) is 12.1. The molecule has 1 amide bonds. The number of nitrogens with one attached hydrogen (secondary N) is 3. The Morgan fingerprint density at radius 2 is 2.17 bits per heavy atom. The third-order valence-corrected chi connectivity index (χ3v) is 3.53. The van der Waals surface area contributed by atoms with Gasteiger partial charge in [-0.15, -0.1) is 0 Å². The van der Waals surface area contributed by atoms with E-state index in [9.17, 15) is 4.79 Å². The number of ether oxygens (including phenoxy) is 1. The first-order chi connectivity index (χ1) is 11.2. The second-order valence-electron chi connectivity index (χ2n) is 5.03. The molecule has 0 radical (unpaired) electrons. The third-order valence-electron chi connectivity index (χ3n) is 3.28. The van der Waals surface area contributed by atoms with Crippen LogP contribution in [0.3, 0.4) is 0 Å². The monoisotopic (exact) mass is 330 g/mol. The second kappa shape index (κ2) is 8.88. The number of rotatable bonds is 4. The fourth-order valence-corrected chi connectivity index (χ4v) is 2.19. The molecule has 23 heavy (non-hydrogen) atoms. The summed E-state index contributed by atoms with van der Waals surface area (Å²) < 4.78 is 5.46. The molecule has 2 rings (SSSR count). The molecule has 0 spiro atoms. The highest BCUT2D eigenvalue weighted by atomic mass is 32.1. The molecule has 6 nitrogen and oxygen atoms in total. The van der Waals surface area contributed by atoms with E-state index in [1.54, 1.807) is 30.3 Å². The van der Waals surface area contributed by atoms with Crippen molar-refractivity contribution in [2.75, 3.05) is 13.2 Å². The zero-order valence-electron chi connectivity index (χ0n) is 12.5. The number of hydrazine groups is 1. The Morgan fingerprint density at radius 1 is 1.39 bits per heavy atom. The van der Waals surface area contributed by atoms with Crippen LogP contribution >= 0.6 is 12.2 Å². The highest BCUT2D eigenvalue weighted by Crippen LogP contribution is 2.10. The fraction of sp³-hybridized carbons (Fsp3) is 0.312. The first-order valence-electron chi connectivity index (χ1n) is 7.31. The molecule has 0 aliphatic carbocycles. The number of carbonyl (C=O) groups excluding carboxylic acids is 1. The van der Waals surface area contributed by atoms with Gasteiger partial charge in [0.1, 0.15) is 0 Å². The molecule has 1 aliphatic rings. The molecule has 120 valence electrons. The van der Waals surface area contributed by atoms with Crippen molar-refractivity contribution in [3.05, 3.63) is 41.5 Å². The number of carbonyl (C=O) groups is 1. The minimum absolute atomic E-state index is 0.182. The SMILES string of the molecule is N#Cc1ccc(/C=C/C(=O)NNC(=S)NCC2CCCO2)cc1. The van der Waals surface area contributed by atoms with Crippen LogP contribution in [-0.4, -0.2) is 30.3 Å². The van der Waals surface area contributed by atoms with Crippen LogP contribution in [0, 0.1) is 11.3 Å². The molecule has 3 N–H and O–H groups in total. The van der Waals surface area contributed by atoms with Crippen molar-refractivity contribution >= 4 is 29.3 Å². The molecule has 7 heteroatoms. The van der Waals surface area contributed by atoms with Gasteiger partial charge >= 0.3 is 0 Å². The zero-order chi connectivity index (χ0) is 16.5. The predicted molar refractivity (Wildman–Crippen MR) is 91.0 cm³/mol. The molecule has 0 saturated carbocycles. The largest absolute Gasteiger partial charge is 0.376 e. The molecule has 1 atom stereocenters. The van der Waals surface area contributed by atoms with E-state index < -0.39 is 0 Å². The lowest BCUT2D eigenvalue weighted by Gasteiger charge is -2.13. The Bertz CT molecular complexity index is 616. The van der Waals surface area contributed by atoms with E-state index in [2.05, 4.69) is 16.2 Å². The van der Waals surface area contributed by atoms with Gasteiger partial charge in [0.15, 0.2) is 5.11 Å². The molecule has 1 heterocycles. The summed E-state index contributed by atoms with van der Waals surface area (Å²) in [5.74, 6) is -0.323. The van der Waals surface area contributed by atoms with Gasteiger partial charge in [0.2, 0.25) is 0 Å². The van der Waals surface area contributed by atoms with Gasteiger partial charge in [0.25, 0.3) is 5.91 Å². The minimum Gasteiger partial charge on any atom is -0.376 e. The van der Waals surface area contributed by atoms with Crippen molar-refractivity contribution in [2.24, 2.45) is 0 Å². The Kier molecular flexibility index (Phi) is 6.54. The van der Waals surface area contributed by atoms with Crippen LogP contribution in [0.2, 0.25) is 0 Å². The predicted octanol–water partition coefficient (Wildman–Crippen LogP) is 1.25. The van der Waals surface area contributed by atoms with Crippen LogP contribution in [0.25, 0.3) is 6.08 Å². The quantitative estimate of drug-likeness (QED) is 0.438. The molecule has 1 fully saturated rings. The lowest BCUT2D eigenvalue weighted by molar-refractivity contribution is -0.116. The van der Waals surface area contributed by atoms with Gasteiger partial charge in [-0.25, -0.2) is 0 Å². The molecule has 1 aliphatic heterocycles. The maximum atomic E-state index is 11.7. The van der Waals surface area contributed by atoms with E-state index >= 15 is 0 Å². The van der Waals surface area contributed by atoms with E-state index in [0.29, 0.717) is 17.2 Å². The Morgan fingerprint density at radius 3 is 2.83 bits per heavy atom. The van der Waals surface area contributed by atoms with E-state index in [0.717, 1.165) is 25.0 Å². The number of benzene rings is 1. The lowest BCUT2D eigenvalue weighted by atomic mass is 10.1. The van der Waals surface area contributed by atoms with Crippen LogP contribution in [0.4, 0.5) is 0 Å². The molecule has 1 aromatic rings. The van der Waals surface area contributed by atoms with Crippen LogP contribution in [0.5, 0.6) is 0 Å². The van der Waals surface area contributed by atoms with Crippen LogP contribution in [-0.2, 0) is 9.53 Å². The summed E-state index contributed by atoms with van der Waals surface area (Å²) in [5.41, 5.74) is 6.52. The van der Waals surface area contributed by atoms with Gasteiger partial charge in [0.05, 0.1) is 17.7 Å². The first-order valence-corrected chi connectivity index (χ1v) is 7.72. The smallest absolute Gasteiger partial charge is 0.262 e. The lowest BCUT2D eigenvalue weighted by Crippen LogP contribution is -2.47. The normalized spacial score (nSPS) is 16.7. The summed E-state index contributed by atoms with van der Waals surface area (Å²) in [6.45, 7) is 1.42. The number of thiocarbonyl (C=S) groups is 1. The number of hydrogen-bond donors (Lipinski definition) is 3. The first kappa shape index (κ1) is 16.9. The van der Waals surface area contributed by atoms with Gasteiger partial charge in [-0.3, -0.25) is 15.6 Å². The molecular weight excluding hydrogens is 312 g/mol. The fourth-order valence-electron chi connectivity index (χ4n) is 2.06. The number of hydrogen-bond acceptors (Lipinski definition) is 4. The average Bonchev–Trinajstić information content (AvgIpc) is 3.10. The summed E-state index contributed by atoms with van der Waals surface area (Å²) in [4.78, 5) is 11.7. The maximum Gasteiger partial charge on any atom is 0.262 e. The van der Waals surface area contributed by atoms with Gasteiger partial charge in [-0.2, -0.15) is 5.26 Å². The second-order valence-corrected chi connectivity index (χ2v) is 5.43. The third kappa shape index (κ3) is 6.06. The summed E-state index contributed by atoms with van der Waals surface area (Å²) in [6, 6.07) is 8.96. The molecule has 1 aromatic carbocycles.